The Labute approximate surface area is 201 Å². The number of carbonyl (C=O) groups is 3. The third-order valence-electron chi connectivity index (χ3n) is 4.63. The van der Waals surface area contributed by atoms with Crippen molar-refractivity contribution in [3.63, 3.8) is 0 Å². The third-order valence-corrected chi connectivity index (χ3v) is 5.43. The van der Waals surface area contributed by atoms with Gasteiger partial charge in [0.2, 0.25) is 5.12 Å². The lowest BCUT2D eigenvalue weighted by Crippen LogP contribution is -2.15. The molecular formula is C26H23NO6S. The number of allylic oxidation sites excluding steroid dienone is 2. The number of carbonyl (C=O) groups excluding carboxylic acids is 3. The topological polar surface area (TPSA) is 91.8 Å². The van der Waals surface area contributed by atoms with Crippen molar-refractivity contribution in [3.8, 4) is 17.2 Å². The summed E-state index contributed by atoms with van der Waals surface area (Å²) in [5.74, 6) is -0.855. The van der Waals surface area contributed by atoms with E-state index in [1.54, 1.807) is 25.1 Å². The fourth-order valence-electron chi connectivity index (χ4n) is 3.05. The number of hydrogen-bond donors (Lipinski definition) is 0. The van der Waals surface area contributed by atoms with Crippen LogP contribution in [0.5, 0.6) is 17.2 Å². The molecule has 7 nitrogen and oxygen atoms in total. The van der Waals surface area contributed by atoms with Crippen molar-refractivity contribution in [1.82, 2.24) is 4.98 Å². The Bertz CT molecular complexity index is 1280. The SMILES string of the molecule is C/C=C/C(=O)SCC(=O)Oc1cc(OC)cc(OC)c1C(=O)/C=C/c1ccc2ccccc2n1. The molecule has 0 saturated heterocycles. The van der Waals surface area contributed by atoms with Crippen molar-refractivity contribution in [1.29, 1.82) is 0 Å². The second-order valence-electron chi connectivity index (χ2n) is 6.91. The molecule has 0 aliphatic carbocycles. The van der Waals surface area contributed by atoms with Gasteiger partial charge in [-0.25, -0.2) is 4.98 Å². The molecule has 0 aliphatic rings. The quantitative estimate of drug-likeness (QED) is 0.186. The number of fused-ring (bicyclic) bond motifs is 1. The zero-order chi connectivity index (χ0) is 24.5. The smallest absolute Gasteiger partial charge is 0.321 e. The van der Waals surface area contributed by atoms with Crippen molar-refractivity contribution in [3.05, 3.63) is 78.0 Å². The van der Waals surface area contributed by atoms with Crippen LogP contribution >= 0.6 is 11.8 Å². The normalized spacial score (nSPS) is 11.1. The summed E-state index contributed by atoms with van der Waals surface area (Å²) in [5.41, 5.74) is 1.45. The maximum absolute atomic E-state index is 13.1. The minimum atomic E-state index is -0.688. The lowest BCUT2D eigenvalue weighted by Gasteiger charge is -2.14. The molecule has 174 valence electrons. The van der Waals surface area contributed by atoms with Gasteiger partial charge >= 0.3 is 5.97 Å². The fraction of sp³-hybridized carbons (Fsp3) is 0.154. The number of aromatic nitrogens is 1. The highest BCUT2D eigenvalue weighted by Gasteiger charge is 2.21. The van der Waals surface area contributed by atoms with E-state index in [1.807, 2.05) is 30.3 Å². The fourth-order valence-corrected chi connectivity index (χ4v) is 3.60. The highest BCUT2D eigenvalue weighted by Crippen LogP contribution is 2.35. The number of ether oxygens (including phenoxy) is 3. The van der Waals surface area contributed by atoms with Crippen LogP contribution in [0.25, 0.3) is 17.0 Å². The summed E-state index contributed by atoms with van der Waals surface area (Å²) < 4.78 is 16.0. The highest BCUT2D eigenvalue weighted by molar-refractivity contribution is 8.14. The molecule has 0 unspecified atom stereocenters. The van der Waals surface area contributed by atoms with Crippen LogP contribution in [0.2, 0.25) is 0 Å². The van der Waals surface area contributed by atoms with Gasteiger partial charge in [-0.15, -0.1) is 0 Å². The number of esters is 1. The Morgan fingerprint density at radius 2 is 1.74 bits per heavy atom. The summed E-state index contributed by atoms with van der Waals surface area (Å²) in [6, 6.07) is 14.3. The average Bonchev–Trinajstić information content (AvgIpc) is 2.85. The molecule has 0 fully saturated rings. The summed E-state index contributed by atoms with van der Waals surface area (Å²) in [6.45, 7) is 1.71. The number of nitrogens with zero attached hydrogens (tertiary/aromatic N) is 1. The Morgan fingerprint density at radius 1 is 0.971 bits per heavy atom. The van der Waals surface area contributed by atoms with Crippen molar-refractivity contribution in [2.24, 2.45) is 0 Å². The van der Waals surface area contributed by atoms with E-state index in [0.717, 1.165) is 22.7 Å². The number of ketones is 1. The number of thioether (sulfide) groups is 1. The molecule has 0 radical (unpaired) electrons. The van der Waals surface area contributed by atoms with Gasteiger partial charge in [0.15, 0.2) is 5.78 Å². The first-order valence-corrected chi connectivity index (χ1v) is 11.3. The van der Waals surface area contributed by atoms with Crippen molar-refractivity contribution < 1.29 is 28.6 Å². The van der Waals surface area contributed by atoms with Crippen LogP contribution < -0.4 is 14.2 Å². The number of benzene rings is 2. The maximum atomic E-state index is 13.1. The first kappa shape index (κ1) is 24.7. The Morgan fingerprint density at radius 3 is 2.47 bits per heavy atom. The van der Waals surface area contributed by atoms with Gasteiger partial charge < -0.3 is 14.2 Å². The van der Waals surface area contributed by atoms with Gasteiger partial charge in [-0.3, -0.25) is 14.4 Å². The molecule has 0 amide bonds. The molecule has 8 heteroatoms. The van der Waals surface area contributed by atoms with Crippen molar-refractivity contribution in [2.75, 3.05) is 20.0 Å². The largest absolute Gasteiger partial charge is 0.496 e. The van der Waals surface area contributed by atoms with E-state index in [9.17, 15) is 14.4 Å². The molecule has 0 atom stereocenters. The second-order valence-corrected chi connectivity index (χ2v) is 7.89. The minimum Gasteiger partial charge on any atom is -0.496 e. The summed E-state index contributed by atoms with van der Waals surface area (Å²) in [7, 11) is 2.84. The van der Waals surface area contributed by atoms with Crippen molar-refractivity contribution >= 4 is 45.6 Å². The molecule has 0 bridgehead atoms. The summed E-state index contributed by atoms with van der Waals surface area (Å²) in [4.78, 5) is 41.6. The first-order valence-electron chi connectivity index (χ1n) is 10.3. The molecule has 34 heavy (non-hydrogen) atoms. The van der Waals surface area contributed by atoms with Crippen molar-refractivity contribution in [2.45, 2.75) is 6.92 Å². The molecule has 0 N–H and O–H groups in total. The lowest BCUT2D eigenvalue weighted by atomic mass is 10.1. The second kappa shape index (κ2) is 11.8. The molecule has 1 aromatic heterocycles. The monoisotopic (exact) mass is 477 g/mol. The third kappa shape index (κ3) is 6.32. The molecular weight excluding hydrogens is 454 g/mol. The van der Waals surface area contributed by atoms with Crippen LogP contribution in [0.4, 0.5) is 0 Å². The summed E-state index contributed by atoms with van der Waals surface area (Å²) in [6.07, 6.45) is 5.85. The van der Waals surface area contributed by atoms with E-state index < -0.39 is 11.8 Å². The molecule has 3 aromatic rings. The van der Waals surface area contributed by atoms with Crippen LogP contribution in [0.3, 0.4) is 0 Å². The van der Waals surface area contributed by atoms with E-state index >= 15 is 0 Å². The molecule has 0 saturated carbocycles. The zero-order valence-corrected chi connectivity index (χ0v) is 19.8. The van der Waals surface area contributed by atoms with Crippen LogP contribution in [0, 0.1) is 0 Å². The Balaban J connectivity index is 1.88. The first-order chi connectivity index (χ1) is 16.4. The van der Waals surface area contributed by atoms with Gasteiger partial charge in [0, 0.05) is 17.5 Å². The standard InChI is InChI=1S/C26H23NO6S/c1-4-7-25(30)34-16-24(29)33-23-15-19(31-2)14-22(32-3)26(23)21(28)13-12-18-11-10-17-8-5-6-9-20(17)27-18/h4-15H,16H2,1-3H3/b7-4+,13-12+. The van der Waals surface area contributed by atoms with Gasteiger partial charge in [-0.1, -0.05) is 42.1 Å². The number of rotatable bonds is 9. The van der Waals surface area contributed by atoms with Gasteiger partial charge in [0.25, 0.3) is 0 Å². The van der Waals surface area contributed by atoms with E-state index in [1.165, 1.54) is 38.5 Å². The molecule has 0 spiro atoms. The Kier molecular flexibility index (Phi) is 8.59. The van der Waals surface area contributed by atoms with Crippen LogP contribution in [-0.4, -0.2) is 41.8 Å². The van der Waals surface area contributed by atoms with E-state index in [0.29, 0.717) is 11.4 Å². The lowest BCUT2D eigenvalue weighted by molar-refractivity contribution is -0.131. The van der Waals surface area contributed by atoms with Gasteiger partial charge in [-0.2, -0.15) is 0 Å². The predicted molar refractivity (Wildman–Crippen MR) is 133 cm³/mol. The average molecular weight is 478 g/mol. The molecule has 3 rings (SSSR count). The van der Waals surface area contributed by atoms with E-state index in [-0.39, 0.29) is 27.9 Å². The highest BCUT2D eigenvalue weighted by atomic mass is 32.2. The Hall–Kier alpha value is -3.91. The predicted octanol–water partition coefficient (Wildman–Crippen LogP) is 4.89. The summed E-state index contributed by atoms with van der Waals surface area (Å²) >= 11 is 0.801. The van der Waals surface area contributed by atoms with Gasteiger partial charge in [0.1, 0.15) is 22.8 Å². The van der Waals surface area contributed by atoms with E-state index in [2.05, 4.69) is 4.98 Å². The van der Waals surface area contributed by atoms with Crippen LogP contribution in [-0.2, 0) is 9.59 Å². The number of para-hydroxylation sites is 1. The van der Waals surface area contributed by atoms with E-state index in [4.69, 9.17) is 14.2 Å². The van der Waals surface area contributed by atoms with Gasteiger partial charge in [0.05, 0.1) is 31.2 Å². The maximum Gasteiger partial charge on any atom is 0.321 e. The van der Waals surface area contributed by atoms with Crippen LogP contribution in [0.1, 0.15) is 23.0 Å². The molecule has 2 aromatic carbocycles. The number of methoxy groups -OCH3 is 2. The zero-order valence-electron chi connectivity index (χ0n) is 18.9. The molecule has 1 heterocycles. The molecule has 0 aliphatic heterocycles. The summed E-state index contributed by atoms with van der Waals surface area (Å²) in [5, 5.41) is 0.715. The number of hydrogen-bond acceptors (Lipinski definition) is 8. The van der Waals surface area contributed by atoms with Crippen LogP contribution in [0.15, 0.2) is 66.8 Å². The minimum absolute atomic E-state index is 0.0265. The number of pyridine rings is 1. The van der Waals surface area contributed by atoms with Gasteiger partial charge in [-0.05, 0) is 37.3 Å².